The summed E-state index contributed by atoms with van der Waals surface area (Å²) in [7, 11) is 0. The average molecular weight is 449 g/mol. The van der Waals surface area contributed by atoms with E-state index in [1.54, 1.807) is 0 Å². The third-order valence-electron chi connectivity index (χ3n) is 8.54. The van der Waals surface area contributed by atoms with Crippen LogP contribution in [0.4, 0.5) is 11.5 Å². The summed E-state index contributed by atoms with van der Waals surface area (Å²) in [6.45, 7) is 5.50. The van der Waals surface area contributed by atoms with Crippen LogP contribution in [0.15, 0.2) is 30.3 Å². The molecule has 0 spiro atoms. The molecule has 0 atom stereocenters. The summed E-state index contributed by atoms with van der Waals surface area (Å²) in [5.74, 6) is 3.69. The maximum atomic E-state index is 13.1. The molecule has 2 aromatic rings. The van der Waals surface area contributed by atoms with Gasteiger partial charge in [0.1, 0.15) is 5.82 Å². The third-order valence-corrected chi connectivity index (χ3v) is 8.54. The van der Waals surface area contributed by atoms with Gasteiger partial charge in [0.25, 0.3) is 0 Å². The second-order valence-corrected chi connectivity index (χ2v) is 11.1. The molecule has 2 N–H and O–H groups in total. The summed E-state index contributed by atoms with van der Waals surface area (Å²) in [5.41, 5.74) is 2.06. The molecule has 4 aliphatic carbocycles. The van der Waals surface area contributed by atoms with Gasteiger partial charge in [-0.3, -0.25) is 9.69 Å². The number of hydrogen-bond acceptors (Lipinski definition) is 5. The van der Waals surface area contributed by atoms with Gasteiger partial charge >= 0.3 is 0 Å². The summed E-state index contributed by atoms with van der Waals surface area (Å²) in [5, 5.41) is 7.71. The van der Waals surface area contributed by atoms with Crippen LogP contribution in [0.25, 0.3) is 10.9 Å². The Balaban J connectivity index is 1.09. The van der Waals surface area contributed by atoms with Gasteiger partial charge in [-0.15, -0.1) is 0 Å². The van der Waals surface area contributed by atoms with Gasteiger partial charge in [-0.05, 0) is 86.0 Å². The van der Waals surface area contributed by atoms with Crippen molar-refractivity contribution in [2.75, 3.05) is 50.0 Å². The van der Waals surface area contributed by atoms with Crippen LogP contribution in [0.1, 0.15) is 44.9 Å². The van der Waals surface area contributed by atoms with Crippen LogP contribution < -0.4 is 10.6 Å². The number of ether oxygens (including phenoxy) is 1. The van der Waals surface area contributed by atoms with Crippen LogP contribution in [0.3, 0.4) is 0 Å². The van der Waals surface area contributed by atoms with Crippen molar-refractivity contribution in [2.24, 2.45) is 23.2 Å². The molecular formula is C27H36N4O2. The van der Waals surface area contributed by atoms with Gasteiger partial charge in [0, 0.05) is 38.0 Å². The standard InChI is InChI=1S/C27H36N4O2/c32-26(18-27-15-19-12-20(16-27)14-21(13-19)17-27)30-24-3-1-2-23-22(24)4-5-25(29-23)28-6-7-31-8-10-33-11-9-31/h1-5,19-21H,6-18H2,(H,28,29)(H,30,32). The van der Waals surface area contributed by atoms with E-state index in [0.717, 1.165) is 79.6 Å². The molecule has 7 rings (SSSR count). The van der Waals surface area contributed by atoms with Crippen LogP contribution in [-0.2, 0) is 9.53 Å². The lowest BCUT2D eigenvalue weighted by Crippen LogP contribution is -2.47. The second-order valence-electron chi connectivity index (χ2n) is 11.1. The summed E-state index contributed by atoms with van der Waals surface area (Å²) in [4.78, 5) is 20.4. The lowest BCUT2D eigenvalue weighted by Gasteiger charge is -2.56. The van der Waals surface area contributed by atoms with Crippen molar-refractivity contribution >= 4 is 28.3 Å². The molecule has 1 aliphatic heterocycles. The highest BCUT2D eigenvalue weighted by molar-refractivity contribution is 6.01. The minimum atomic E-state index is 0.178. The first-order valence-electron chi connectivity index (χ1n) is 12.9. The van der Waals surface area contributed by atoms with Gasteiger partial charge in [-0.25, -0.2) is 4.98 Å². The molecule has 5 aliphatic rings. The first kappa shape index (κ1) is 21.4. The number of nitrogens with zero attached hydrogens (tertiary/aromatic N) is 2. The number of morpholine rings is 1. The number of benzene rings is 1. The molecule has 4 bridgehead atoms. The quantitative estimate of drug-likeness (QED) is 0.652. The van der Waals surface area contributed by atoms with Crippen molar-refractivity contribution in [1.29, 1.82) is 0 Å². The monoisotopic (exact) mass is 448 g/mol. The van der Waals surface area contributed by atoms with E-state index < -0.39 is 0 Å². The summed E-state index contributed by atoms with van der Waals surface area (Å²) >= 11 is 0. The number of anilines is 2. The Hall–Kier alpha value is -2.18. The average Bonchev–Trinajstić information content (AvgIpc) is 2.78. The zero-order valence-corrected chi connectivity index (χ0v) is 19.5. The number of amides is 1. The van der Waals surface area contributed by atoms with Crippen LogP contribution in [0, 0.1) is 23.2 Å². The number of aromatic nitrogens is 1. The Bertz CT molecular complexity index is 981. The summed E-state index contributed by atoms with van der Waals surface area (Å²) in [6.07, 6.45) is 8.73. The van der Waals surface area contributed by atoms with E-state index in [0.29, 0.717) is 6.42 Å². The largest absolute Gasteiger partial charge is 0.379 e. The van der Waals surface area contributed by atoms with Gasteiger partial charge in [0.2, 0.25) is 5.91 Å². The van der Waals surface area contributed by atoms with Crippen LogP contribution in [0.5, 0.6) is 0 Å². The molecule has 0 radical (unpaired) electrons. The molecule has 1 aromatic heterocycles. The maximum Gasteiger partial charge on any atom is 0.224 e. The molecular weight excluding hydrogens is 412 g/mol. The predicted molar refractivity (Wildman–Crippen MR) is 131 cm³/mol. The molecule has 6 heteroatoms. The van der Waals surface area contributed by atoms with Crippen molar-refractivity contribution in [2.45, 2.75) is 44.9 Å². The highest BCUT2D eigenvalue weighted by Crippen LogP contribution is 2.61. The van der Waals surface area contributed by atoms with E-state index in [9.17, 15) is 4.79 Å². The molecule has 33 heavy (non-hydrogen) atoms. The van der Waals surface area contributed by atoms with Crippen molar-refractivity contribution in [3.63, 3.8) is 0 Å². The van der Waals surface area contributed by atoms with Crippen molar-refractivity contribution in [3.8, 4) is 0 Å². The SMILES string of the molecule is O=C(CC12CC3CC(CC(C3)C1)C2)Nc1cccc2nc(NCCN3CCOCC3)ccc12. The molecule has 1 saturated heterocycles. The Morgan fingerprint density at radius 3 is 2.48 bits per heavy atom. The molecule has 4 saturated carbocycles. The van der Waals surface area contributed by atoms with E-state index in [1.165, 1.54) is 38.5 Å². The first-order chi connectivity index (χ1) is 16.1. The summed E-state index contributed by atoms with van der Waals surface area (Å²) in [6, 6.07) is 10.1. The topological polar surface area (TPSA) is 66.5 Å². The zero-order valence-electron chi connectivity index (χ0n) is 19.5. The first-order valence-corrected chi connectivity index (χ1v) is 12.9. The van der Waals surface area contributed by atoms with Gasteiger partial charge in [-0.1, -0.05) is 6.07 Å². The number of hydrogen-bond donors (Lipinski definition) is 2. The number of nitrogens with one attached hydrogen (secondary N) is 2. The van der Waals surface area contributed by atoms with Gasteiger partial charge in [0.15, 0.2) is 0 Å². The lowest BCUT2D eigenvalue weighted by atomic mass is 9.49. The number of rotatable bonds is 7. The number of fused-ring (bicyclic) bond motifs is 1. The Kier molecular flexibility index (Phi) is 5.75. The van der Waals surface area contributed by atoms with Crippen molar-refractivity contribution in [1.82, 2.24) is 9.88 Å². The smallest absolute Gasteiger partial charge is 0.224 e. The fourth-order valence-electron chi connectivity index (χ4n) is 7.57. The maximum absolute atomic E-state index is 13.1. The lowest BCUT2D eigenvalue weighted by molar-refractivity contribution is -0.124. The minimum absolute atomic E-state index is 0.178. The van der Waals surface area contributed by atoms with E-state index in [2.05, 4.69) is 21.6 Å². The van der Waals surface area contributed by atoms with Gasteiger partial charge in [-0.2, -0.15) is 0 Å². The molecule has 0 unspecified atom stereocenters. The molecule has 1 aromatic carbocycles. The molecule has 1 amide bonds. The van der Waals surface area contributed by atoms with E-state index in [1.807, 2.05) is 24.3 Å². The Labute approximate surface area is 196 Å². The fourth-order valence-corrected chi connectivity index (χ4v) is 7.57. The highest BCUT2D eigenvalue weighted by atomic mass is 16.5. The number of pyridine rings is 1. The second kappa shape index (κ2) is 8.88. The Morgan fingerprint density at radius 1 is 1.03 bits per heavy atom. The van der Waals surface area contributed by atoms with Crippen LogP contribution >= 0.6 is 0 Å². The fraction of sp³-hybridized carbons (Fsp3) is 0.630. The highest BCUT2D eigenvalue weighted by Gasteiger charge is 2.51. The van der Waals surface area contributed by atoms with Gasteiger partial charge in [0.05, 0.1) is 24.4 Å². The van der Waals surface area contributed by atoms with Crippen molar-refractivity contribution < 1.29 is 9.53 Å². The van der Waals surface area contributed by atoms with Crippen molar-refractivity contribution in [3.05, 3.63) is 30.3 Å². The zero-order chi connectivity index (χ0) is 22.3. The molecule has 6 nitrogen and oxygen atoms in total. The van der Waals surface area contributed by atoms with E-state index in [4.69, 9.17) is 9.72 Å². The van der Waals surface area contributed by atoms with Crippen LogP contribution in [0.2, 0.25) is 0 Å². The summed E-state index contributed by atoms with van der Waals surface area (Å²) < 4.78 is 5.42. The van der Waals surface area contributed by atoms with Crippen LogP contribution in [-0.4, -0.2) is 55.2 Å². The third kappa shape index (κ3) is 4.60. The molecule has 176 valence electrons. The molecule has 2 heterocycles. The minimum Gasteiger partial charge on any atom is -0.379 e. The Morgan fingerprint density at radius 2 is 1.76 bits per heavy atom. The van der Waals surface area contributed by atoms with E-state index in [-0.39, 0.29) is 11.3 Å². The molecule has 5 fully saturated rings. The number of carbonyl (C=O) groups is 1. The normalized spacial score (nSPS) is 31.1. The predicted octanol–water partition coefficient (Wildman–Crippen LogP) is 4.52. The number of carbonyl (C=O) groups excluding carboxylic acids is 1. The van der Waals surface area contributed by atoms with E-state index >= 15 is 0 Å². The van der Waals surface area contributed by atoms with Gasteiger partial charge < -0.3 is 15.4 Å².